The van der Waals surface area contributed by atoms with Crippen LogP contribution in [0.4, 0.5) is 5.82 Å². The molecule has 0 spiro atoms. The number of benzene rings is 1. The average Bonchev–Trinajstić information content (AvgIpc) is 2.40. The topological polar surface area (TPSA) is 39.9 Å². The van der Waals surface area contributed by atoms with Gasteiger partial charge in [-0.1, -0.05) is 29.8 Å². The number of pyridine rings is 1. The molecule has 0 N–H and O–H groups in total. The van der Waals surface area contributed by atoms with Crippen molar-refractivity contribution in [3.05, 3.63) is 58.2 Å². The third-order valence-electron chi connectivity index (χ3n) is 2.83. The molecule has 3 nitrogen and oxygen atoms in total. The largest absolute Gasteiger partial charge is 0.355 e. The monoisotopic (exact) mass is 271 g/mol. The highest BCUT2D eigenvalue weighted by molar-refractivity contribution is 6.31. The van der Waals surface area contributed by atoms with Gasteiger partial charge in [0.05, 0.1) is 11.6 Å². The smallest absolute Gasteiger partial charge is 0.130 e. The first-order chi connectivity index (χ1) is 9.10. The lowest BCUT2D eigenvalue weighted by Crippen LogP contribution is -2.18. The second-order valence-electron chi connectivity index (χ2n) is 4.41. The maximum Gasteiger partial charge on any atom is 0.130 e. The quantitative estimate of drug-likeness (QED) is 0.857. The first-order valence-corrected chi connectivity index (χ1v) is 6.31. The van der Waals surface area contributed by atoms with Crippen molar-refractivity contribution in [2.24, 2.45) is 0 Å². The first kappa shape index (κ1) is 13.4. The van der Waals surface area contributed by atoms with Crippen molar-refractivity contribution in [2.75, 3.05) is 11.9 Å². The Hall–Kier alpha value is -2.05. The molecule has 0 radical (unpaired) electrons. The summed E-state index contributed by atoms with van der Waals surface area (Å²) in [5.74, 6) is 0.775. The van der Waals surface area contributed by atoms with Gasteiger partial charge >= 0.3 is 0 Å². The minimum atomic E-state index is 0.619. The van der Waals surface area contributed by atoms with Gasteiger partial charge in [-0.2, -0.15) is 5.26 Å². The van der Waals surface area contributed by atoms with Crippen LogP contribution in [0, 0.1) is 18.3 Å². The molecule has 0 saturated carbocycles. The molecule has 0 saturated heterocycles. The van der Waals surface area contributed by atoms with Crippen molar-refractivity contribution in [1.29, 1.82) is 5.26 Å². The molecule has 96 valence electrons. The standard InChI is InChI=1S/C15H14ClN3/c1-11-7-12(9-17)8-15(18-11)19(2)10-13-5-3-4-6-14(13)16/h3-8H,10H2,1-2H3. The minimum absolute atomic E-state index is 0.619. The van der Waals surface area contributed by atoms with Crippen LogP contribution >= 0.6 is 11.6 Å². The summed E-state index contributed by atoms with van der Waals surface area (Å²) in [6.07, 6.45) is 0. The predicted octanol–water partition coefficient (Wildman–Crippen LogP) is 3.55. The number of aromatic nitrogens is 1. The van der Waals surface area contributed by atoms with Crippen LogP contribution in [0.5, 0.6) is 0 Å². The fourth-order valence-corrected chi connectivity index (χ4v) is 2.07. The molecule has 0 amide bonds. The highest BCUT2D eigenvalue weighted by atomic mass is 35.5. The van der Waals surface area contributed by atoms with Crippen molar-refractivity contribution < 1.29 is 0 Å². The Balaban J connectivity index is 2.26. The number of hydrogen-bond donors (Lipinski definition) is 0. The van der Waals surface area contributed by atoms with Crippen molar-refractivity contribution in [2.45, 2.75) is 13.5 Å². The number of aryl methyl sites for hydroxylation is 1. The zero-order chi connectivity index (χ0) is 13.8. The molecule has 1 aromatic heterocycles. The molecule has 0 aliphatic rings. The van der Waals surface area contributed by atoms with Gasteiger partial charge in [0, 0.05) is 24.3 Å². The zero-order valence-electron chi connectivity index (χ0n) is 10.9. The molecule has 0 atom stereocenters. The van der Waals surface area contributed by atoms with Crippen LogP contribution in [0.3, 0.4) is 0 Å². The van der Waals surface area contributed by atoms with Crippen LogP contribution in [0.25, 0.3) is 0 Å². The summed E-state index contributed by atoms with van der Waals surface area (Å²) in [7, 11) is 1.94. The van der Waals surface area contributed by atoms with Crippen molar-refractivity contribution in [3.8, 4) is 6.07 Å². The maximum absolute atomic E-state index is 8.98. The zero-order valence-corrected chi connectivity index (χ0v) is 11.6. The highest BCUT2D eigenvalue weighted by Crippen LogP contribution is 2.20. The van der Waals surface area contributed by atoms with E-state index in [4.69, 9.17) is 16.9 Å². The van der Waals surface area contributed by atoms with E-state index in [1.54, 1.807) is 12.1 Å². The molecule has 4 heteroatoms. The second-order valence-corrected chi connectivity index (χ2v) is 4.82. The average molecular weight is 272 g/mol. The van der Waals surface area contributed by atoms with Crippen LogP contribution in [-0.4, -0.2) is 12.0 Å². The van der Waals surface area contributed by atoms with E-state index in [0.29, 0.717) is 12.1 Å². The van der Waals surface area contributed by atoms with Gasteiger partial charge in [-0.15, -0.1) is 0 Å². The maximum atomic E-state index is 8.98. The molecule has 0 aliphatic carbocycles. The molecular weight excluding hydrogens is 258 g/mol. The summed E-state index contributed by atoms with van der Waals surface area (Å²) >= 11 is 6.15. The molecular formula is C15H14ClN3. The number of nitriles is 1. The summed E-state index contributed by atoms with van der Waals surface area (Å²) < 4.78 is 0. The Morgan fingerprint density at radius 3 is 2.74 bits per heavy atom. The van der Waals surface area contributed by atoms with Crippen LogP contribution < -0.4 is 4.90 Å². The molecule has 1 aromatic carbocycles. The fourth-order valence-electron chi connectivity index (χ4n) is 1.87. The van der Waals surface area contributed by atoms with Crippen molar-refractivity contribution >= 4 is 17.4 Å². The molecule has 2 rings (SSSR count). The molecule has 1 heterocycles. The van der Waals surface area contributed by atoms with Gasteiger partial charge in [-0.3, -0.25) is 0 Å². The van der Waals surface area contributed by atoms with Gasteiger partial charge in [-0.05, 0) is 30.7 Å². The van der Waals surface area contributed by atoms with Gasteiger partial charge in [0.15, 0.2) is 0 Å². The summed E-state index contributed by atoms with van der Waals surface area (Å²) in [6.45, 7) is 2.54. The highest BCUT2D eigenvalue weighted by Gasteiger charge is 2.08. The van der Waals surface area contributed by atoms with E-state index in [9.17, 15) is 0 Å². The van der Waals surface area contributed by atoms with E-state index in [2.05, 4.69) is 11.1 Å². The first-order valence-electron chi connectivity index (χ1n) is 5.93. The number of anilines is 1. The Labute approximate surface area is 118 Å². The summed E-state index contributed by atoms with van der Waals surface area (Å²) in [5, 5.41) is 9.72. The lowest BCUT2D eigenvalue weighted by Gasteiger charge is -2.19. The summed E-state index contributed by atoms with van der Waals surface area (Å²) in [6, 6.07) is 13.4. The lowest BCUT2D eigenvalue weighted by molar-refractivity contribution is 0.892. The van der Waals surface area contributed by atoms with E-state index < -0.39 is 0 Å². The molecule has 0 fully saturated rings. The minimum Gasteiger partial charge on any atom is -0.355 e. The second kappa shape index (κ2) is 5.73. The summed E-state index contributed by atoms with van der Waals surface area (Å²) in [4.78, 5) is 6.42. The van der Waals surface area contributed by atoms with Crippen LogP contribution in [0.2, 0.25) is 5.02 Å². The number of nitrogens with zero attached hydrogens (tertiary/aromatic N) is 3. The third-order valence-corrected chi connectivity index (χ3v) is 3.19. The molecule has 2 aromatic rings. The van der Waals surface area contributed by atoms with E-state index in [1.165, 1.54) is 0 Å². The van der Waals surface area contributed by atoms with Gasteiger partial charge in [-0.25, -0.2) is 4.98 Å². The fraction of sp³-hybridized carbons (Fsp3) is 0.200. The normalized spacial score (nSPS) is 10.0. The number of halogens is 1. The molecule has 0 aliphatic heterocycles. The Bertz CT molecular complexity index is 632. The van der Waals surface area contributed by atoms with Crippen LogP contribution in [0.1, 0.15) is 16.8 Å². The number of hydrogen-bond acceptors (Lipinski definition) is 3. The lowest BCUT2D eigenvalue weighted by atomic mass is 10.2. The van der Waals surface area contributed by atoms with Crippen molar-refractivity contribution in [1.82, 2.24) is 4.98 Å². The van der Waals surface area contributed by atoms with E-state index >= 15 is 0 Å². The Kier molecular flexibility index (Phi) is 4.03. The Morgan fingerprint density at radius 2 is 2.05 bits per heavy atom. The van der Waals surface area contributed by atoms with Crippen LogP contribution in [-0.2, 0) is 6.54 Å². The van der Waals surface area contributed by atoms with Gasteiger partial charge < -0.3 is 4.90 Å². The Morgan fingerprint density at radius 1 is 1.32 bits per heavy atom. The van der Waals surface area contributed by atoms with Crippen molar-refractivity contribution in [3.63, 3.8) is 0 Å². The molecule has 19 heavy (non-hydrogen) atoms. The van der Waals surface area contributed by atoms with Gasteiger partial charge in [0.2, 0.25) is 0 Å². The van der Waals surface area contributed by atoms with E-state index in [1.807, 2.05) is 43.1 Å². The molecule has 0 unspecified atom stereocenters. The van der Waals surface area contributed by atoms with E-state index in [0.717, 1.165) is 22.1 Å². The number of rotatable bonds is 3. The van der Waals surface area contributed by atoms with Gasteiger partial charge in [0.25, 0.3) is 0 Å². The summed E-state index contributed by atoms with van der Waals surface area (Å²) in [5.41, 5.74) is 2.49. The molecule has 0 bridgehead atoms. The third kappa shape index (κ3) is 3.24. The SMILES string of the molecule is Cc1cc(C#N)cc(N(C)Cc2ccccc2Cl)n1. The van der Waals surface area contributed by atoms with Gasteiger partial charge in [0.1, 0.15) is 5.82 Å². The predicted molar refractivity (Wildman–Crippen MR) is 77.2 cm³/mol. The van der Waals surface area contributed by atoms with E-state index in [-0.39, 0.29) is 0 Å². The van der Waals surface area contributed by atoms with Crippen LogP contribution in [0.15, 0.2) is 36.4 Å².